The number of benzene rings is 1. The van der Waals surface area contributed by atoms with Gasteiger partial charge in [-0.3, -0.25) is 4.68 Å². The summed E-state index contributed by atoms with van der Waals surface area (Å²) in [6, 6.07) is 7.00. The molecule has 0 aliphatic heterocycles. The first-order valence-corrected chi connectivity index (χ1v) is 6.51. The summed E-state index contributed by atoms with van der Waals surface area (Å²) < 4.78 is 15.9. The molecule has 4 nitrogen and oxygen atoms in total. The Morgan fingerprint density at radius 2 is 2.26 bits per heavy atom. The molecule has 2 rings (SSSR count). The van der Waals surface area contributed by atoms with E-state index in [4.69, 9.17) is 5.26 Å². The Labute approximate surface area is 119 Å². The van der Waals surface area contributed by atoms with Crippen molar-refractivity contribution in [2.75, 3.05) is 11.9 Å². The fraction of sp³-hybridized carbons (Fsp3) is 0.231. The highest BCUT2D eigenvalue weighted by Gasteiger charge is 2.10. The summed E-state index contributed by atoms with van der Waals surface area (Å²) in [5, 5.41) is 15.9. The van der Waals surface area contributed by atoms with Crippen molar-refractivity contribution in [1.29, 1.82) is 5.26 Å². The molecular formula is C13H12BrFN4. The Morgan fingerprint density at radius 1 is 1.47 bits per heavy atom. The second-order valence-corrected chi connectivity index (χ2v) is 4.82. The number of rotatable bonds is 4. The molecule has 2 aromatic rings. The molecular weight excluding hydrogens is 311 g/mol. The summed E-state index contributed by atoms with van der Waals surface area (Å²) >= 11 is 3.08. The Balaban J connectivity index is 2.03. The van der Waals surface area contributed by atoms with Gasteiger partial charge in [-0.05, 0) is 34.1 Å². The molecule has 0 saturated carbocycles. The Morgan fingerprint density at radius 3 is 2.89 bits per heavy atom. The molecule has 0 atom stereocenters. The van der Waals surface area contributed by atoms with Gasteiger partial charge in [0.2, 0.25) is 0 Å². The standard InChI is InChI=1S/C13H12BrFN4/c1-19-10(5-7-18-19)4-6-17-11-3-2-9(8-16)12(14)13(11)15/h2-3,5,7,17H,4,6H2,1H3. The van der Waals surface area contributed by atoms with Crippen LogP contribution in [0.3, 0.4) is 0 Å². The minimum Gasteiger partial charge on any atom is -0.382 e. The van der Waals surface area contributed by atoms with Crippen LogP contribution < -0.4 is 5.32 Å². The molecule has 1 heterocycles. The predicted octanol–water partition coefficient (Wildman–Crippen LogP) is 2.85. The average Bonchev–Trinajstić information content (AvgIpc) is 2.81. The van der Waals surface area contributed by atoms with Crippen molar-refractivity contribution in [3.63, 3.8) is 0 Å². The number of aryl methyl sites for hydroxylation is 1. The highest BCUT2D eigenvalue weighted by molar-refractivity contribution is 9.10. The summed E-state index contributed by atoms with van der Waals surface area (Å²) in [7, 11) is 1.87. The number of nitriles is 1. The fourth-order valence-corrected chi connectivity index (χ4v) is 2.18. The van der Waals surface area contributed by atoms with E-state index in [2.05, 4.69) is 26.3 Å². The molecule has 1 aromatic carbocycles. The zero-order valence-corrected chi connectivity index (χ0v) is 11.9. The maximum absolute atomic E-state index is 13.9. The molecule has 0 saturated heterocycles. The SMILES string of the molecule is Cn1nccc1CCNc1ccc(C#N)c(Br)c1F. The predicted molar refractivity (Wildman–Crippen MR) is 74.2 cm³/mol. The summed E-state index contributed by atoms with van der Waals surface area (Å²) in [4.78, 5) is 0. The van der Waals surface area contributed by atoms with Crippen molar-refractivity contribution in [3.05, 3.63) is 45.9 Å². The monoisotopic (exact) mass is 322 g/mol. The highest BCUT2D eigenvalue weighted by Crippen LogP contribution is 2.26. The van der Waals surface area contributed by atoms with Crippen LogP contribution in [0.15, 0.2) is 28.9 Å². The van der Waals surface area contributed by atoms with Gasteiger partial charge in [0.1, 0.15) is 6.07 Å². The Bertz CT molecular complexity index is 630. The van der Waals surface area contributed by atoms with Gasteiger partial charge in [0, 0.05) is 31.9 Å². The number of nitrogens with one attached hydrogen (secondary N) is 1. The van der Waals surface area contributed by atoms with Crippen molar-refractivity contribution < 1.29 is 4.39 Å². The van der Waals surface area contributed by atoms with Crippen LogP contribution in [-0.4, -0.2) is 16.3 Å². The smallest absolute Gasteiger partial charge is 0.161 e. The van der Waals surface area contributed by atoms with Gasteiger partial charge in [0.25, 0.3) is 0 Å². The largest absolute Gasteiger partial charge is 0.382 e. The minimum absolute atomic E-state index is 0.195. The number of halogens is 2. The van der Waals surface area contributed by atoms with E-state index in [1.165, 1.54) is 0 Å². The van der Waals surface area contributed by atoms with Gasteiger partial charge in [-0.25, -0.2) is 4.39 Å². The molecule has 1 aromatic heterocycles. The molecule has 0 unspecified atom stereocenters. The number of hydrogen-bond acceptors (Lipinski definition) is 3. The fourth-order valence-electron chi connectivity index (χ4n) is 1.74. The van der Waals surface area contributed by atoms with E-state index >= 15 is 0 Å². The van der Waals surface area contributed by atoms with Crippen LogP contribution in [0.5, 0.6) is 0 Å². The number of aromatic nitrogens is 2. The first-order chi connectivity index (χ1) is 9.13. The van der Waals surface area contributed by atoms with Crippen molar-refractivity contribution in [3.8, 4) is 6.07 Å². The lowest BCUT2D eigenvalue weighted by atomic mass is 10.2. The van der Waals surface area contributed by atoms with Gasteiger partial charge in [-0.1, -0.05) is 0 Å². The Kier molecular flexibility index (Phi) is 4.17. The van der Waals surface area contributed by atoms with Crippen LogP contribution in [0.4, 0.5) is 10.1 Å². The number of hydrogen-bond donors (Lipinski definition) is 1. The lowest BCUT2D eigenvalue weighted by Crippen LogP contribution is -2.09. The molecule has 0 aliphatic carbocycles. The van der Waals surface area contributed by atoms with Crippen molar-refractivity contribution in [1.82, 2.24) is 9.78 Å². The lowest BCUT2D eigenvalue weighted by Gasteiger charge is -2.09. The molecule has 0 bridgehead atoms. The van der Waals surface area contributed by atoms with E-state index in [0.717, 1.165) is 12.1 Å². The number of anilines is 1. The highest BCUT2D eigenvalue weighted by atomic mass is 79.9. The first kappa shape index (κ1) is 13.6. The van der Waals surface area contributed by atoms with Gasteiger partial charge in [0.05, 0.1) is 15.7 Å². The van der Waals surface area contributed by atoms with E-state index in [9.17, 15) is 4.39 Å². The van der Waals surface area contributed by atoms with Gasteiger partial charge >= 0.3 is 0 Å². The van der Waals surface area contributed by atoms with E-state index < -0.39 is 5.82 Å². The van der Waals surface area contributed by atoms with Crippen LogP contribution in [-0.2, 0) is 13.5 Å². The summed E-state index contributed by atoms with van der Waals surface area (Å²) in [6.07, 6.45) is 2.47. The van der Waals surface area contributed by atoms with Gasteiger partial charge in [-0.15, -0.1) is 0 Å². The molecule has 0 amide bonds. The molecule has 0 fully saturated rings. The van der Waals surface area contributed by atoms with Crippen LogP contribution >= 0.6 is 15.9 Å². The summed E-state index contributed by atoms with van der Waals surface area (Å²) in [5.74, 6) is -0.441. The topological polar surface area (TPSA) is 53.6 Å². The van der Waals surface area contributed by atoms with E-state index in [-0.39, 0.29) is 10.0 Å². The third-order valence-corrected chi connectivity index (χ3v) is 3.60. The molecule has 6 heteroatoms. The van der Waals surface area contributed by atoms with Crippen molar-refractivity contribution >= 4 is 21.6 Å². The van der Waals surface area contributed by atoms with Crippen LogP contribution in [0.1, 0.15) is 11.3 Å². The third kappa shape index (κ3) is 2.93. The Hall–Kier alpha value is -1.87. The normalized spacial score (nSPS) is 10.2. The van der Waals surface area contributed by atoms with E-state index in [0.29, 0.717) is 12.2 Å². The average molecular weight is 323 g/mol. The molecule has 0 radical (unpaired) electrons. The maximum atomic E-state index is 13.9. The van der Waals surface area contributed by atoms with Crippen molar-refractivity contribution in [2.45, 2.75) is 6.42 Å². The zero-order valence-electron chi connectivity index (χ0n) is 10.3. The molecule has 0 spiro atoms. The molecule has 1 N–H and O–H groups in total. The second kappa shape index (κ2) is 5.85. The molecule has 19 heavy (non-hydrogen) atoms. The second-order valence-electron chi connectivity index (χ2n) is 4.02. The van der Waals surface area contributed by atoms with E-state index in [1.807, 2.05) is 19.2 Å². The summed E-state index contributed by atoms with van der Waals surface area (Å²) in [6.45, 7) is 0.592. The third-order valence-electron chi connectivity index (χ3n) is 2.82. The zero-order chi connectivity index (χ0) is 13.8. The van der Waals surface area contributed by atoms with Gasteiger partial charge in [0.15, 0.2) is 5.82 Å². The van der Waals surface area contributed by atoms with Gasteiger partial charge < -0.3 is 5.32 Å². The maximum Gasteiger partial charge on any atom is 0.161 e. The first-order valence-electron chi connectivity index (χ1n) is 5.72. The lowest BCUT2D eigenvalue weighted by molar-refractivity contribution is 0.622. The van der Waals surface area contributed by atoms with E-state index in [1.54, 1.807) is 23.0 Å². The van der Waals surface area contributed by atoms with Crippen molar-refractivity contribution in [2.24, 2.45) is 7.05 Å². The quantitative estimate of drug-likeness (QED) is 0.941. The molecule has 98 valence electrons. The minimum atomic E-state index is -0.441. The van der Waals surface area contributed by atoms with Gasteiger partial charge in [-0.2, -0.15) is 10.4 Å². The van der Waals surface area contributed by atoms with Crippen LogP contribution in [0.25, 0.3) is 0 Å². The van der Waals surface area contributed by atoms with Crippen LogP contribution in [0, 0.1) is 17.1 Å². The molecule has 0 aliphatic rings. The van der Waals surface area contributed by atoms with Crippen LogP contribution in [0.2, 0.25) is 0 Å². The number of nitrogens with zero attached hydrogens (tertiary/aromatic N) is 3. The summed E-state index contributed by atoms with van der Waals surface area (Å²) in [5.41, 5.74) is 1.74.